The van der Waals surface area contributed by atoms with Gasteiger partial charge in [-0.3, -0.25) is 0 Å². The van der Waals surface area contributed by atoms with E-state index in [1.165, 1.54) is 49.5 Å². The van der Waals surface area contributed by atoms with Gasteiger partial charge in [-0.15, -0.1) is 0 Å². The van der Waals surface area contributed by atoms with E-state index in [-0.39, 0.29) is 0 Å². The van der Waals surface area contributed by atoms with Crippen molar-refractivity contribution in [1.82, 2.24) is 0 Å². The molecule has 0 aliphatic rings. The molecule has 122 valence electrons. The van der Waals surface area contributed by atoms with E-state index < -0.39 is 0 Å². The quantitative estimate of drug-likeness (QED) is 0.517. The molecule has 0 amide bonds. The van der Waals surface area contributed by atoms with Gasteiger partial charge in [0.25, 0.3) is 0 Å². The van der Waals surface area contributed by atoms with Gasteiger partial charge in [0.1, 0.15) is 11.3 Å². The molecule has 0 N–H and O–H groups in total. The van der Waals surface area contributed by atoms with Gasteiger partial charge in [-0.2, -0.15) is 0 Å². The zero-order valence-electron chi connectivity index (χ0n) is 15.8. The second kappa shape index (κ2) is 5.40. The van der Waals surface area contributed by atoms with E-state index in [2.05, 4.69) is 54.5 Å². The summed E-state index contributed by atoms with van der Waals surface area (Å²) >= 11 is 0. The molecule has 0 aliphatic carbocycles. The number of aryl methyl sites for hydroxylation is 5. The molecule has 1 heteroatoms. The molecule has 1 aromatic heterocycles. The Kier molecular flexibility index (Phi) is 3.78. The topological polar surface area (TPSA) is 13.1 Å². The maximum Gasteiger partial charge on any atom is 0.138 e. The van der Waals surface area contributed by atoms with E-state index in [1.807, 2.05) is 6.92 Å². The van der Waals surface area contributed by atoms with Crippen LogP contribution < -0.4 is 0 Å². The summed E-state index contributed by atoms with van der Waals surface area (Å²) in [7, 11) is 0. The summed E-state index contributed by atoms with van der Waals surface area (Å²) in [6.45, 7) is 18.0. The summed E-state index contributed by atoms with van der Waals surface area (Å²) in [4.78, 5) is 0. The van der Waals surface area contributed by atoms with Gasteiger partial charge in [0.05, 0.1) is 0 Å². The second-order valence-electron chi connectivity index (χ2n) is 7.55. The van der Waals surface area contributed by atoms with Crippen molar-refractivity contribution in [1.29, 1.82) is 0 Å². The van der Waals surface area contributed by atoms with Gasteiger partial charge >= 0.3 is 0 Å². The van der Waals surface area contributed by atoms with E-state index in [0.717, 1.165) is 17.8 Å². The molecule has 0 atom stereocenters. The van der Waals surface area contributed by atoms with E-state index in [9.17, 15) is 0 Å². The number of benzene rings is 2. The number of fused-ring (bicyclic) bond motifs is 2. The summed E-state index contributed by atoms with van der Waals surface area (Å²) in [5.41, 5.74) is 9.57. The molecular formula is C22H28O. The van der Waals surface area contributed by atoms with Crippen LogP contribution in [0.15, 0.2) is 10.5 Å². The molecule has 3 aromatic rings. The van der Waals surface area contributed by atoms with Gasteiger partial charge < -0.3 is 4.42 Å². The fraction of sp³-hybridized carbons (Fsp3) is 0.455. The number of rotatable bonds is 2. The molecule has 3 rings (SSSR count). The van der Waals surface area contributed by atoms with Crippen molar-refractivity contribution in [2.45, 2.75) is 61.8 Å². The first-order valence-corrected chi connectivity index (χ1v) is 8.65. The minimum atomic E-state index is 0.672. The summed E-state index contributed by atoms with van der Waals surface area (Å²) in [6.07, 6.45) is 1.15. The Balaban J connectivity index is 2.56. The molecule has 23 heavy (non-hydrogen) atoms. The van der Waals surface area contributed by atoms with Gasteiger partial charge in [0.15, 0.2) is 0 Å². The monoisotopic (exact) mass is 308 g/mol. The SMILES string of the molecule is Cc1cc2c(C)c3c(C)c(CC(C)C)c(C)c(C)c3c(C)c2o1. The van der Waals surface area contributed by atoms with E-state index in [4.69, 9.17) is 4.42 Å². The first-order valence-electron chi connectivity index (χ1n) is 8.65. The zero-order valence-corrected chi connectivity index (χ0v) is 15.8. The average Bonchev–Trinajstić information content (AvgIpc) is 2.87. The first-order chi connectivity index (χ1) is 10.7. The number of hydrogen-bond donors (Lipinski definition) is 0. The third kappa shape index (κ3) is 2.29. The Morgan fingerprint density at radius 2 is 1.39 bits per heavy atom. The molecule has 0 radical (unpaired) electrons. The van der Waals surface area contributed by atoms with Crippen molar-refractivity contribution < 1.29 is 4.42 Å². The summed E-state index contributed by atoms with van der Waals surface area (Å²) < 4.78 is 6.02. The Labute approximate surface area is 139 Å². The number of furan rings is 1. The van der Waals surface area contributed by atoms with Crippen LogP contribution in [0.1, 0.15) is 53.0 Å². The highest BCUT2D eigenvalue weighted by Gasteiger charge is 2.20. The van der Waals surface area contributed by atoms with Crippen molar-refractivity contribution in [2.24, 2.45) is 5.92 Å². The van der Waals surface area contributed by atoms with Crippen molar-refractivity contribution in [2.75, 3.05) is 0 Å². The summed E-state index contributed by atoms with van der Waals surface area (Å²) in [5.74, 6) is 1.67. The van der Waals surface area contributed by atoms with Gasteiger partial charge in [0.2, 0.25) is 0 Å². The van der Waals surface area contributed by atoms with Gasteiger partial charge in [-0.05, 0) is 98.5 Å². The highest BCUT2D eigenvalue weighted by atomic mass is 16.3. The van der Waals surface area contributed by atoms with Crippen LogP contribution in [0.3, 0.4) is 0 Å². The molecule has 0 saturated heterocycles. The van der Waals surface area contributed by atoms with Crippen molar-refractivity contribution >= 4 is 21.7 Å². The zero-order chi connectivity index (χ0) is 17.0. The Bertz CT molecular complexity index is 923. The molecule has 0 fully saturated rings. The molecule has 0 aliphatic heterocycles. The molecule has 1 nitrogen and oxygen atoms in total. The highest BCUT2D eigenvalue weighted by Crippen LogP contribution is 2.40. The molecule has 2 aromatic carbocycles. The Hall–Kier alpha value is -1.76. The fourth-order valence-corrected chi connectivity index (χ4v) is 4.19. The van der Waals surface area contributed by atoms with Crippen molar-refractivity contribution in [3.8, 4) is 0 Å². The lowest BCUT2D eigenvalue weighted by Gasteiger charge is -2.21. The average molecular weight is 308 g/mol. The standard InChI is InChI=1S/C22H28O/c1-11(2)9-18-13(4)14(5)20-17(8)22-19(10-12(3)23-22)16(7)21(20)15(18)6/h10-11H,9H2,1-8H3. The van der Waals surface area contributed by atoms with Crippen LogP contribution in [-0.4, -0.2) is 0 Å². The largest absolute Gasteiger partial charge is 0.461 e. The third-order valence-corrected chi connectivity index (χ3v) is 5.43. The minimum absolute atomic E-state index is 0.672. The van der Waals surface area contributed by atoms with Crippen LogP contribution in [0.2, 0.25) is 0 Å². The normalized spacial score (nSPS) is 12.0. The first kappa shape index (κ1) is 16.1. The molecular weight excluding hydrogens is 280 g/mol. The van der Waals surface area contributed by atoms with E-state index >= 15 is 0 Å². The second-order valence-corrected chi connectivity index (χ2v) is 7.55. The van der Waals surface area contributed by atoms with Crippen molar-refractivity contribution in [3.63, 3.8) is 0 Å². The highest BCUT2D eigenvalue weighted by molar-refractivity contribution is 6.07. The molecule has 1 heterocycles. The van der Waals surface area contributed by atoms with Gasteiger partial charge in [-0.25, -0.2) is 0 Å². The van der Waals surface area contributed by atoms with Crippen LogP contribution in [0.4, 0.5) is 0 Å². The van der Waals surface area contributed by atoms with Crippen LogP contribution in [0, 0.1) is 47.5 Å². The van der Waals surface area contributed by atoms with E-state index in [0.29, 0.717) is 5.92 Å². The third-order valence-electron chi connectivity index (χ3n) is 5.43. The van der Waals surface area contributed by atoms with Crippen LogP contribution in [0.5, 0.6) is 0 Å². The fourth-order valence-electron chi connectivity index (χ4n) is 4.19. The minimum Gasteiger partial charge on any atom is -0.461 e. The molecule has 0 bridgehead atoms. The van der Waals surface area contributed by atoms with Gasteiger partial charge in [-0.1, -0.05) is 13.8 Å². The van der Waals surface area contributed by atoms with E-state index in [1.54, 1.807) is 0 Å². The Morgan fingerprint density at radius 1 is 0.783 bits per heavy atom. The van der Waals surface area contributed by atoms with Crippen LogP contribution >= 0.6 is 0 Å². The predicted octanol–water partition coefficient (Wildman–Crippen LogP) is 6.64. The molecule has 0 spiro atoms. The predicted molar refractivity (Wildman–Crippen MR) is 101 cm³/mol. The van der Waals surface area contributed by atoms with Gasteiger partial charge in [0, 0.05) is 10.9 Å². The van der Waals surface area contributed by atoms with Crippen LogP contribution in [0.25, 0.3) is 21.7 Å². The maximum atomic E-state index is 6.02. The maximum absolute atomic E-state index is 6.02. The molecule has 0 unspecified atom stereocenters. The summed E-state index contributed by atoms with van der Waals surface area (Å²) in [6, 6.07) is 2.19. The molecule has 0 saturated carbocycles. The lowest BCUT2D eigenvalue weighted by Crippen LogP contribution is -2.04. The Morgan fingerprint density at radius 3 is 2.00 bits per heavy atom. The number of hydrogen-bond acceptors (Lipinski definition) is 1. The summed E-state index contributed by atoms with van der Waals surface area (Å²) in [5, 5.41) is 4.11. The van der Waals surface area contributed by atoms with Crippen LogP contribution in [-0.2, 0) is 6.42 Å². The van der Waals surface area contributed by atoms with Crippen molar-refractivity contribution in [3.05, 3.63) is 45.2 Å². The smallest absolute Gasteiger partial charge is 0.138 e. The lowest BCUT2D eigenvalue weighted by atomic mass is 9.83. The lowest BCUT2D eigenvalue weighted by molar-refractivity contribution is 0.577.